The van der Waals surface area contributed by atoms with Gasteiger partial charge in [-0.05, 0) is 24.8 Å². The van der Waals surface area contributed by atoms with E-state index in [0.29, 0.717) is 18.1 Å². The molecule has 2 aromatic rings. The molecule has 0 aliphatic carbocycles. The van der Waals surface area contributed by atoms with Crippen LogP contribution in [0, 0.1) is 18.8 Å². The SMILES string of the molecule is Cc1ccc(C(=O)C(C)C(CC(=O)OCCC(C)C)c2ccccc2)cc1. The first-order valence-corrected chi connectivity index (χ1v) is 9.70. The summed E-state index contributed by atoms with van der Waals surface area (Å²) < 4.78 is 5.41. The molecule has 0 amide bonds. The van der Waals surface area contributed by atoms with Gasteiger partial charge in [0.1, 0.15) is 0 Å². The monoisotopic (exact) mass is 366 g/mol. The van der Waals surface area contributed by atoms with Crippen molar-refractivity contribution in [2.45, 2.75) is 46.5 Å². The first kappa shape index (κ1) is 20.9. The van der Waals surface area contributed by atoms with Gasteiger partial charge in [0, 0.05) is 17.4 Å². The van der Waals surface area contributed by atoms with Gasteiger partial charge in [-0.25, -0.2) is 0 Å². The second kappa shape index (κ2) is 10.1. The van der Waals surface area contributed by atoms with E-state index in [9.17, 15) is 9.59 Å². The van der Waals surface area contributed by atoms with Crippen molar-refractivity contribution in [3.8, 4) is 0 Å². The number of hydrogen-bond acceptors (Lipinski definition) is 3. The molecule has 0 aliphatic rings. The average Bonchev–Trinajstić information content (AvgIpc) is 2.66. The van der Waals surface area contributed by atoms with Crippen molar-refractivity contribution in [1.82, 2.24) is 0 Å². The Labute approximate surface area is 162 Å². The van der Waals surface area contributed by atoms with Gasteiger partial charge in [0.25, 0.3) is 0 Å². The van der Waals surface area contributed by atoms with Crippen LogP contribution in [-0.4, -0.2) is 18.4 Å². The van der Waals surface area contributed by atoms with Crippen molar-refractivity contribution in [1.29, 1.82) is 0 Å². The highest BCUT2D eigenvalue weighted by Crippen LogP contribution is 2.31. The highest BCUT2D eigenvalue weighted by atomic mass is 16.5. The Balaban J connectivity index is 2.15. The fraction of sp³-hybridized carbons (Fsp3) is 0.417. The van der Waals surface area contributed by atoms with E-state index in [-0.39, 0.29) is 30.0 Å². The summed E-state index contributed by atoms with van der Waals surface area (Å²) in [7, 11) is 0. The Morgan fingerprint density at radius 3 is 2.15 bits per heavy atom. The summed E-state index contributed by atoms with van der Waals surface area (Å²) >= 11 is 0. The molecule has 0 aromatic heterocycles. The van der Waals surface area contributed by atoms with Crippen LogP contribution in [-0.2, 0) is 9.53 Å². The van der Waals surface area contributed by atoms with E-state index >= 15 is 0 Å². The lowest BCUT2D eigenvalue weighted by atomic mass is 9.80. The quantitative estimate of drug-likeness (QED) is 0.430. The second-order valence-electron chi connectivity index (χ2n) is 7.64. The standard InChI is InChI=1S/C24H30O3/c1-17(2)14-15-27-23(25)16-22(20-8-6-5-7-9-20)19(4)24(26)21-12-10-18(3)11-13-21/h5-13,17,19,22H,14-16H2,1-4H3. The van der Waals surface area contributed by atoms with Gasteiger partial charge in [-0.1, -0.05) is 80.9 Å². The average molecular weight is 367 g/mol. The number of aryl methyl sites for hydroxylation is 1. The molecule has 0 spiro atoms. The molecule has 0 N–H and O–H groups in total. The highest BCUT2D eigenvalue weighted by Gasteiger charge is 2.29. The summed E-state index contributed by atoms with van der Waals surface area (Å²) in [5.74, 6) is -0.212. The summed E-state index contributed by atoms with van der Waals surface area (Å²) in [6.07, 6.45) is 1.06. The van der Waals surface area contributed by atoms with E-state index in [1.807, 2.05) is 68.4 Å². The lowest BCUT2D eigenvalue weighted by Gasteiger charge is -2.23. The van der Waals surface area contributed by atoms with E-state index in [1.54, 1.807) is 0 Å². The highest BCUT2D eigenvalue weighted by molar-refractivity contribution is 5.98. The van der Waals surface area contributed by atoms with Crippen LogP contribution >= 0.6 is 0 Å². The summed E-state index contributed by atoms with van der Waals surface area (Å²) in [6, 6.07) is 17.4. The number of carbonyl (C=O) groups is 2. The molecule has 2 aromatic carbocycles. The number of ketones is 1. The summed E-state index contributed by atoms with van der Waals surface area (Å²) in [4.78, 5) is 25.4. The molecule has 27 heavy (non-hydrogen) atoms. The van der Waals surface area contributed by atoms with Crippen molar-refractivity contribution in [3.05, 3.63) is 71.3 Å². The third kappa shape index (κ3) is 6.35. The van der Waals surface area contributed by atoms with Crippen molar-refractivity contribution in [2.24, 2.45) is 11.8 Å². The Kier molecular flexibility index (Phi) is 7.78. The zero-order chi connectivity index (χ0) is 19.8. The Bertz CT molecular complexity index is 732. The maximum absolute atomic E-state index is 13.0. The molecule has 3 nitrogen and oxygen atoms in total. The first-order chi connectivity index (χ1) is 12.9. The van der Waals surface area contributed by atoms with Crippen LogP contribution in [0.15, 0.2) is 54.6 Å². The third-order valence-corrected chi connectivity index (χ3v) is 4.93. The number of carbonyl (C=O) groups excluding carboxylic acids is 2. The summed E-state index contributed by atoms with van der Waals surface area (Å²) in [6.45, 7) is 8.53. The van der Waals surface area contributed by atoms with Crippen molar-refractivity contribution in [2.75, 3.05) is 6.61 Å². The molecule has 144 valence electrons. The van der Waals surface area contributed by atoms with Gasteiger partial charge in [-0.15, -0.1) is 0 Å². The second-order valence-corrected chi connectivity index (χ2v) is 7.64. The van der Waals surface area contributed by atoms with E-state index in [0.717, 1.165) is 17.5 Å². The Morgan fingerprint density at radius 1 is 0.926 bits per heavy atom. The van der Waals surface area contributed by atoms with Gasteiger partial charge >= 0.3 is 5.97 Å². The first-order valence-electron chi connectivity index (χ1n) is 9.70. The van der Waals surface area contributed by atoms with Gasteiger partial charge in [0.15, 0.2) is 5.78 Å². The lowest BCUT2D eigenvalue weighted by Crippen LogP contribution is -2.23. The number of ether oxygens (including phenoxy) is 1. The van der Waals surface area contributed by atoms with Gasteiger partial charge in [0.2, 0.25) is 0 Å². The molecule has 0 saturated carbocycles. The fourth-order valence-electron chi connectivity index (χ4n) is 3.09. The topological polar surface area (TPSA) is 43.4 Å². The maximum atomic E-state index is 13.0. The van der Waals surface area contributed by atoms with Crippen molar-refractivity contribution < 1.29 is 14.3 Å². The maximum Gasteiger partial charge on any atom is 0.306 e. The molecule has 2 unspecified atom stereocenters. The molecule has 0 heterocycles. The lowest BCUT2D eigenvalue weighted by molar-refractivity contribution is -0.144. The summed E-state index contributed by atoms with van der Waals surface area (Å²) in [5, 5.41) is 0. The molecule has 0 fully saturated rings. The van der Waals surface area contributed by atoms with Gasteiger partial charge in [-0.3, -0.25) is 9.59 Å². The van der Waals surface area contributed by atoms with Gasteiger partial charge in [0.05, 0.1) is 13.0 Å². The molecule has 0 aliphatic heterocycles. The molecular formula is C24H30O3. The number of rotatable bonds is 9. The molecular weight excluding hydrogens is 336 g/mol. The number of Topliss-reactive ketones (excluding diaryl/α,β-unsaturated/α-hetero) is 1. The molecule has 2 atom stereocenters. The predicted molar refractivity (Wildman–Crippen MR) is 109 cm³/mol. The van der Waals surface area contributed by atoms with Crippen LogP contribution in [0.5, 0.6) is 0 Å². The fourth-order valence-corrected chi connectivity index (χ4v) is 3.09. The van der Waals surface area contributed by atoms with Crippen LogP contribution in [0.25, 0.3) is 0 Å². The van der Waals surface area contributed by atoms with Crippen LogP contribution in [0.1, 0.15) is 61.0 Å². The van der Waals surface area contributed by atoms with E-state index in [4.69, 9.17) is 4.74 Å². The predicted octanol–water partition coefficient (Wildman–Crippen LogP) is 5.58. The van der Waals surface area contributed by atoms with E-state index in [2.05, 4.69) is 13.8 Å². The largest absolute Gasteiger partial charge is 0.466 e. The zero-order valence-corrected chi connectivity index (χ0v) is 16.8. The normalized spacial score (nSPS) is 13.2. The number of benzene rings is 2. The summed E-state index contributed by atoms with van der Waals surface area (Å²) in [5.41, 5.74) is 2.79. The van der Waals surface area contributed by atoms with Crippen molar-refractivity contribution in [3.63, 3.8) is 0 Å². The van der Waals surface area contributed by atoms with Crippen LogP contribution in [0.2, 0.25) is 0 Å². The van der Waals surface area contributed by atoms with E-state index in [1.165, 1.54) is 0 Å². The van der Waals surface area contributed by atoms with Crippen LogP contribution in [0.3, 0.4) is 0 Å². The Morgan fingerprint density at radius 2 is 1.56 bits per heavy atom. The van der Waals surface area contributed by atoms with Crippen molar-refractivity contribution >= 4 is 11.8 Å². The van der Waals surface area contributed by atoms with Crippen LogP contribution in [0.4, 0.5) is 0 Å². The minimum absolute atomic E-state index is 0.0545. The third-order valence-electron chi connectivity index (χ3n) is 4.93. The van der Waals surface area contributed by atoms with Gasteiger partial charge in [-0.2, -0.15) is 0 Å². The van der Waals surface area contributed by atoms with Gasteiger partial charge < -0.3 is 4.74 Å². The molecule has 0 bridgehead atoms. The molecule has 0 radical (unpaired) electrons. The van der Waals surface area contributed by atoms with E-state index < -0.39 is 0 Å². The Hall–Kier alpha value is -2.42. The number of esters is 1. The molecule has 0 saturated heterocycles. The zero-order valence-electron chi connectivity index (χ0n) is 16.8. The molecule has 2 rings (SSSR count). The van der Waals surface area contributed by atoms with Crippen LogP contribution < -0.4 is 0 Å². The minimum Gasteiger partial charge on any atom is -0.466 e. The molecule has 3 heteroatoms. The smallest absolute Gasteiger partial charge is 0.306 e. The number of hydrogen-bond donors (Lipinski definition) is 0. The minimum atomic E-state index is -0.312.